The number of hydrogen-bond acceptors (Lipinski definition) is 2. The van der Waals surface area contributed by atoms with Gasteiger partial charge in [0.2, 0.25) is 0 Å². The van der Waals surface area contributed by atoms with Crippen LogP contribution in [-0.2, 0) is 6.54 Å². The van der Waals surface area contributed by atoms with Crippen LogP contribution < -0.4 is 0 Å². The van der Waals surface area contributed by atoms with Gasteiger partial charge in [0.25, 0.3) is 0 Å². The first-order chi connectivity index (χ1) is 9.13. The van der Waals surface area contributed by atoms with Gasteiger partial charge in [0, 0.05) is 12.6 Å². The highest BCUT2D eigenvalue weighted by atomic mass is 32.1. The van der Waals surface area contributed by atoms with Crippen LogP contribution in [0.4, 0.5) is 0 Å². The molecule has 1 aliphatic carbocycles. The molecule has 2 atom stereocenters. The predicted octanol–water partition coefficient (Wildman–Crippen LogP) is 3.97. The lowest BCUT2D eigenvalue weighted by Crippen LogP contribution is -2.22. The molecule has 19 heavy (non-hydrogen) atoms. The Morgan fingerprint density at radius 2 is 2.11 bits per heavy atom. The minimum Gasteiger partial charge on any atom is -0.328 e. The Morgan fingerprint density at radius 3 is 2.79 bits per heavy atom. The van der Waals surface area contributed by atoms with Crippen molar-refractivity contribution in [2.45, 2.75) is 59.0 Å². The van der Waals surface area contributed by atoms with Gasteiger partial charge in [0.15, 0.2) is 10.4 Å². The largest absolute Gasteiger partial charge is 0.328 e. The minimum absolute atomic E-state index is 0.524. The normalized spacial score (nSPS) is 24.2. The molecule has 2 aromatic rings. The van der Waals surface area contributed by atoms with E-state index in [1.165, 1.54) is 31.3 Å². The van der Waals surface area contributed by atoms with Crippen molar-refractivity contribution < 1.29 is 0 Å². The zero-order valence-electron chi connectivity index (χ0n) is 11.9. The van der Waals surface area contributed by atoms with Crippen molar-refractivity contribution in [2.24, 2.45) is 5.92 Å². The molecule has 0 spiro atoms. The number of rotatable bonds is 2. The number of nitrogens with one attached hydrogen (secondary N) is 1. The topological polar surface area (TPSA) is 38.5 Å². The average Bonchev–Trinajstić information content (AvgIpc) is 2.88. The fourth-order valence-electron chi connectivity index (χ4n) is 3.43. The molecule has 2 heterocycles. The highest BCUT2D eigenvalue weighted by Gasteiger charge is 2.27. The fourth-order valence-corrected chi connectivity index (χ4v) is 3.76. The molecule has 0 saturated heterocycles. The molecule has 0 bridgehead atoms. The summed E-state index contributed by atoms with van der Waals surface area (Å²) in [7, 11) is 0. The maximum atomic E-state index is 5.57. The first kappa shape index (κ1) is 12.9. The van der Waals surface area contributed by atoms with Crippen LogP contribution in [0.2, 0.25) is 0 Å². The third-order valence-electron chi connectivity index (χ3n) is 4.48. The molecule has 1 fully saturated rings. The van der Waals surface area contributed by atoms with Crippen LogP contribution in [0.25, 0.3) is 11.2 Å². The number of imidazole rings is 1. The molecule has 0 aliphatic heterocycles. The van der Waals surface area contributed by atoms with Gasteiger partial charge in [-0.25, -0.2) is 4.68 Å². The highest BCUT2D eigenvalue weighted by molar-refractivity contribution is 7.71. The number of aromatic amines is 1. The Bertz CT molecular complexity index is 648. The molecule has 0 aromatic carbocycles. The molecule has 0 amide bonds. The predicted molar refractivity (Wildman–Crippen MR) is 80.0 cm³/mol. The summed E-state index contributed by atoms with van der Waals surface area (Å²) >= 11 is 5.57. The van der Waals surface area contributed by atoms with Gasteiger partial charge in [-0.1, -0.05) is 19.8 Å². The van der Waals surface area contributed by atoms with Crippen LogP contribution in [0.1, 0.15) is 51.3 Å². The van der Waals surface area contributed by atoms with Crippen molar-refractivity contribution in [1.82, 2.24) is 19.3 Å². The lowest BCUT2D eigenvalue weighted by molar-refractivity contribution is 0.258. The van der Waals surface area contributed by atoms with E-state index in [1.807, 2.05) is 0 Å². The Balaban J connectivity index is 2.21. The molecular formula is C14H22N4S. The van der Waals surface area contributed by atoms with Gasteiger partial charge in [0.1, 0.15) is 5.52 Å². The van der Waals surface area contributed by atoms with Crippen LogP contribution >= 0.6 is 12.2 Å². The van der Waals surface area contributed by atoms with Crippen molar-refractivity contribution in [3.05, 3.63) is 10.5 Å². The second-order valence-electron chi connectivity index (χ2n) is 5.73. The summed E-state index contributed by atoms with van der Waals surface area (Å²) in [5.74, 6) is 0.694. The van der Waals surface area contributed by atoms with E-state index in [1.54, 1.807) is 0 Å². The van der Waals surface area contributed by atoms with Gasteiger partial charge in [-0.15, -0.1) is 0 Å². The van der Waals surface area contributed by atoms with E-state index < -0.39 is 0 Å². The second-order valence-corrected chi connectivity index (χ2v) is 6.12. The van der Waals surface area contributed by atoms with Gasteiger partial charge in [0.05, 0.1) is 5.69 Å². The first-order valence-electron chi connectivity index (χ1n) is 7.31. The molecule has 2 unspecified atom stereocenters. The molecule has 1 N–H and O–H groups in total. The highest BCUT2D eigenvalue weighted by Crippen LogP contribution is 2.36. The van der Waals surface area contributed by atoms with Gasteiger partial charge in [-0.2, -0.15) is 5.10 Å². The average molecular weight is 278 g/mol. The van der Waals surface area contributed by atoms with E-state index in [0.717, 1.165) is 22.5 Å². The van der Waals surface area contributed by atoms with Crippen molar-refractivity contribution in [1.29, 1.82) is 0 Å². The third kappa shape index (κ3) is 1.95. The van der Waals surface area contributed by atoms with E-state index >= 15 is 0 Å². The van der Waals surface area contributed by atoms with E-state index in [0.29, 0.717) is 12.0 Å². The summed E-state index contributed by atoms with van der Waals surface area (Å²) in [6, 6.07) is 0.524. The van der Waals surface area contributed by atoms with Crippen LogP contribution in [0.15, 0.2) is 0 Å². The Labute approximate surface area is 118 Å². The summed E-state index contributed by atoms with van der Waals surface area (Å²) < 4.78 is 5.27. The fraction of sp³-hybridized carbons (Fsp3) is 0.714. The van der Waals surface area contributed by atoms with Crippen LogP contribution in [0.5, 0.6) is 0 Å². The maximum Gasteiger partial charge on any atom is 0.179 e. The zero-order chi connectivity index (χ0) is 13.6. The summed E-state index contributed by atoms with van der Waals surface area (Å²) in [5.41, 5.74) is 3.35. The molecular weight excluding hydrogens is 256 g/mol. The van der Waals surface area contributed by atoms with Gasteiger partial charge >= 0.3 is 0 Å². The van der Waals surface area contributed by atoms with Crippen LogP contribution in [0, 0.1) is 17.6 Å². The SMILES string of the molecule is CCn1nc(C)c2[nH]c(=S)n(C3CCCCC3C)c21. The number of aromatic nitrogens is 4. The number of H-pyrrole nitrogens is 1. The standard InChI is InChI=1S/C14H22N4S/c1-4-17-13-12(10(3)16-17)15-14(19)18(13)11-8-6-5-7-9(11)2/h9,11H,4-8H2,1-3H3,(H,15,19). The van der Waals surface area contributed by atoms with E-state index in [2.05, 4.69) is 40.1 Å². The molecule has 104 valence electrons. The number of aryl methyl sites for hydroxylation is 2. The summed E-state index contributed by atoms with van der Waals surface area (Å²) in [5, 5.41) is 4.61. The van der Waals surface area contributed by atoms with Crippen LogP contribution in [0.3, 0.4) is 0 Å². The van der Waals surface area contributed by atoms with Gasteiger partial charge in [-0.05, 0) is 44.8 Å². The van der Waals surface area contributed by atoms with Crippen molar-refractivity contribution >= 4 is 23.4 Å². The quantitative estimate of drug-likeness (QED) is 0.844. The van der Waals surface area contributed by atoms with Crippen LogP contribution in [-0.4, -0.2) is 19.3 Å². The molecule has 4 nitrogen and oxygen atoms in total. The Morgan fingerprint density at radius 1 is 1.37 bits per heavy atom. The summed E-state index contributed by atoms with van der Waals surface area (Å²) in [6.45, 7) is 7.42. The van der Waals surface area contributed by atoms with Gasteiger partial charge < -0.3 is 4.98 Å². The van der Waals surface area contributed by atoms with Crippen molar-refractivity contribution in [2.75, 3.05) is 0 Å². The Hall–Kier alpha value is -1.10. The molecule has 3 rings (SSSR count). The Kier molecular flexibility index (Phi) is 3.25. The lowest BCUT2D eigenvalue weighted by Gasteiger charge is -2.30. The third-order valence-corrected chi connectivity index (χ3v) is 4.78. The number of hydrogen-bond donors (Lipinski definition) is 1. The summed E-state index contributed by atoms with van der Waals surface area (Å²) in [6.07, 6.45) is 5.20. The van der Waals surface area contributed by atoms with E-state index in [-0.39, 0.29) is 0 Å². The smallest absolute Gasteiger partial charge is 0.179 e. The van der Waals surface area contributed by atoms with Crippen molar-refractivity contribution in [3.8, 4) is 0 Å². The first-order valence-corrected chi connectivity index (χ1v) is 7.72. The second kappa shape index (κ2) is 4.78. The maximum absolute atomic E-state index is 5.57. The number of fused-ring (bicyclic) bond motifs is 1. The minimum atomic E-state index is 0.524. The van der Waals surface area contributed by atoms with E-state index in [4.69, 9.17) is 12.2 Å². The van der Waals surface area contributed by atoms with Gasteiger partial charge in [-0.3, -0.25) is 4.57 Å². The lowest BCUT2D eigenvalue weighted by atomic mass is 9.86. The molecule has 1 saturated carbocycles. The summed E-state index contributed by atoms with van der Waals surface area (Å²) in [4.78, 5) is 3.36. The molecule has 1 aliphatic rings. The monoisotopic (exact) mass is 278 g/mol. The van der Waals surface area contributed by atoms with Crippen molar-refractivity contribution in [3.63, 3.8) is 0 Å². The molecule has 0 radical (unpaired) electrons. The van der Waals surface area contributed by atoms with E-state index in [9.17, 15) is 0 Å². The molecule has 5 heteroatoms. The molecule has 2 aromatic heterocycles. The zero-order valence-corrected chi connectivity index (χ0v) is 12.8. The number of nitrogens with zero attached hydrogens (tertiary/aromatic N) is 3.